The maximum Gasteiger partial charge on any atom is 0.135 e. The van der Waals surface area contributed by atoms with Gasteiger partial charge in [0.2, 0.25) is 0 Å². The number of nitrogens with one attached hydrogen (secondary N) is 1. The Morgan fingerprint density at radius 1 is 1.23 bits per heavy atom. The number of amidine groups is 1. The molecule has 2 N–H and O–H groups in total. The van der Waals surface area contributed by atoms with E-state index >= 15 is 0 Å². The Morgan fingerprint density at radius 2 is 2.08 bits per heavy atom. The molecule has 3 heterocycles. The summed E-state index contributed by atoms with van der Waals surface area (Å²) in [4.78, 5) is 7.54. The summed E-state index contributed by atoms with van der Waals surface area (Å²) in [5.74, 6) is 1.26. The van der Waals surface area contributed by atoms with Gasteiger partial charge in [-0.2, -0.15) is 0 Å². The number of ether oxygens (including phenoxy) is 1. The van der Waals surface area contributed by atoms with Gasteiger partial charge >= 0.3 is 0 Å². The molecule has 0 aliphatic carbocycles. The standard InChI is InChI=1S/C19H17N3O2S2/c1-24-15-6-3-2-5-12(15)9-22-10-14(23)17(18(22)20)19-21-13(11-26-19)16-7-4-8-25-16/h2-8,11,20,23H,9-10H2,1H3. The van der Waals surface area contributed by atoms with Crippen molar-refractivity contribution in [3.05, 3.63) is 63.5 Å². The van der Waals surface area contributed by atoms with Gasteiger partial charge in [-0.05, 0) is 17.5 Å². The third kappa shape index (κ3) is 3.00. The smallest absolute Gasteiger partial charge is 0.135 e. The van der Waals surface area contributed by atoms with Crippen LogP contribution >= 0.6 is 22.7 Å². The van der Waals surface area contributed by atoms with Crippen LogP contribution in [0.5, 0.6) is 5.75 Å². The second kappa shape index (κ2) is 6.93. The van der Waals surface area contributed by atoms with Crippen molar-refractivity contribution in [3.8, 4) is 16.3 Å². The molecule has 0 fully saturated rings. The number of aliphatic hydroxyl groups is 1. The molecule has 0 radical (unpaired) electrons. The van der Waals surface area contributed by atoms with E-state index in [9.17, 15) is 5.11 Å². The number of thiazole rings is 1. The zero-order chi connectivity index (χ0) is 18.1. The van der Waals surface area contributed by atoms with Crippen LogP contribution in [0.3, 0.4) is 0 Å². The van der Waals surface area contributed by atoms with Crippen molar-refractivity contribution in [2.24, 2.45) is 0 Å². The van der Waals surface area contributed by atoms with Gasteiger partial charge in [-0.3, -0.25) is 5.41 Å². The summed E-state index contributed by atoms with van der Waals surface area (Å²) in [6.45, 7) is 0.805. The molecule has 1 aromatic carbocycles. The van der Waals surface area contributed by atoms with Gasteiger partial charge in [0.25, 0.3) is 0 Å². The quantitative estimate of drug-likeness (QED) is 0.673. The Balaban J connectivity index is 1.57. The summed E-state index contributed by atoms with van der Waals surface area (Å²) in [6, 6.07) is 11.7. The van der Waals surface area contributed by atoms with Gasteiger partial charge in [-0.1, -0.05) is 24.3 Å². The Labute approximate surface area is 159 Å². The van der Waals surface area contributed by atoms with Crippen LogP contribution in [-0.2, 0) is 6.54 Å². The first-order chi connectivity index (χ1) is 12.7. The molecule has 26 heavy (non-hydrogen) atoms. The van der Waals surface area contributed by atoms with Gasteiger partial charge in [0.15, 0.2) is 0 Å². The molecule has 3 aromatic rings. The average Bonchev–Trinajstić information content (AvgIpc) is 3.37. The van der Waals surface area contributed by atoms with Crippen LogP contribution in [0.4, 0.5) is 0 Å². The highest BCUT2D eigenvalue weighted by atomic mass is 32.1. The van der Waals surface area contributed by atoms with Crippen molar-refractivity contribution >= 4 is 34.1 Å². The normalized spacial score (nSPS) is 14.3. The lowest BCUT2D eigenvalue weighted by atomic mass is 10.2. The molecular weight excluding hydrogens is 366 g/mol. The van der Waals surface area contributed by atoms with Crippen LogP contribution in [0.1, 0.15) is 10.6 Å². The lowest BCUT2D eigenvalue weighted by Crippen LogP contribution is -2.26. The van der Waals surface area contributed by atoms with Gasteiger partial charge in [-0.25, -0.2) is 4.98 Å². The lowest BCUT2D eigenvalue weighted by Gasteiger charge is -2.20. The minimum atomic E-state index is 0.192. The Bertz CT molecular complexity index is 976. The Hall–Kier alpha value is -2.64. The van der Waals surface area contributed by atoms with Gasteiger partial charge < -0.3 is 14.7 Å². The minimum Gasteiger partial charge on any atom is -0.510 e. The first-order valence-corrected chi connectivity index (χ1v) is 9.81. The number of benzene rings is 1. The second-order valence-electron chi connectivity index (χ2n) is 5.85. The summed E-state index contributed by atoms with van der Waals surface area (Å²) in [5, 5.41) is 23.7. The second-order valence-corrected chi connectivity index (χ2v) is 7.66. The molecule has 0 saturated carbocycles. The van der Waals surface area contributed by atoms with Crippen LogP contribution < -0.4 is 4.74 Å². The molecule has 7 heteroatoms. The summed E-state index contributed by atoms with van der Waals surface area (Å²) >= 11 is 3.08. The highest BCUT2D eigenvalue weighted by Crippen LogP contribution is 2.34. The van der Waals surface area contributed by atoms with Crippen LogP contribution in [-0.4, -0.2) is 34.5 Å². The fraction of sp³-hybridized carbons (Fsp3) is 0.158. The van der Waals surface area contributed by atoms with Crippen molar-refractivity contribution < 1.29 is 9.84 Å². The van der Waals surface area contributed by atoms with E-state index in [1.54, 1.807) is 18.4 Å². The van der Waals surface area contributed by atoms with E-state index < -0.39 is 0 Å². The zero-order valence-corrected chi connectivity index (χ0v) is 15.7. The first kappa shape index (κ1) is 16.8. The number of hydrogen-bond donors (Lipinski definition) is 2. The fourth-order valence-electron chi connectivity index (χ4n) is 2.96. The van der Waals surface area contributed by atoms with Crippen molar-refractivity contribution in [2.75, 3.05) is 13.7 Å². The van der Waals surface area contributed by atoms with E-state index in [1.807, 2.05) is 52.1 Å². The molecule has 2 aromatic heterocycles. The molecule has 0 unspecified atom stereocenters. The van der Waals surface area contributed by atoms with Crippen molar-refractivity contribution in [2.45, 2.75) is 6.54 Å². The molecule has 0 saturated heterocycles. The van der Waals surface area contributed by atoms with E-state index in [0.717, 1.165) is 21.9 Å². The molecule has 4 rings (SSSR count). The number of para-hydroxylation sites is 1. The van der Waals surface area contributed by atoms with E-state index in [1.165, 1.54) is 11.3 Å². The molecule has 1 aliphatic heterocycles. The van der Waals surface area contributed by atoms with Crippen molar-refractivity contribution in [3.63, 3.8) is 0 Å². The predicted octanol–water partition coefficient (Wildman–Crippen LogP) is 4.64. The summed E-state index contributed by atoms with van der Waals surface area (Å²) < 4.78 is 5.39. The molecule has 0 amide bonds. The summed E-state index contributed by atoms with van der Waals surface area (Å²) in [5.41, 5.74) is 2.39. The fourth-order valence-corrected chi connectivity index (χ4v) is 4.61. The Kier molecular flexibility index (Phi) is 4.48. The molecule has 0 bridgehead atoms. The number of methoxy groups -OCH3 is 1. The van der Waals surface area contributed by atoms with E-state index in [0.29, 0.717) is 29.5 Å². The predicted molar refractivity (Wildman–Crippen MR) is 106 cm³/mol. The summed E-state index contributed by atoms with van der Waals surface area (Å²) in [6.07, 6.45) is 0. The average molecular weight is 383 g/mol. The summed E-state index contributed by atoms with van der Waals surface area (Å²) in [7, 11) is 1.64. The number of thiophene rings is 1. The molecule has 5 nitrogen and oxygen atoms in total. The first-order valence-electron chi connectivity index (χ1n) is 8.05. The van der Waals surface area contributed by atoms with Crippen LogP contribution in [0.2, 0.25) is 0 Å². The number of aliphatic hydroxyl groups excluding tert-OH is 1. The highest BCUT2D eigenvalue weighted by Gasteiger charge is 2.30. The third-order valence-corrected chi connectivity index (χ3v) is 5.98. The number of hydrogen-bond acceptors (Lipinski definition) is 6. The molecule has 1 aliphatic rings. The number of nitrogens with zero attached hydrogens (tertiary/aromatic N) is 2. The highest BCUT2D eigenvalue weighted by molar-refractivity contribution is 7.14. The third-order valence-electron chi connectivity index (χ3n) is 4.23. The van der Waals surface area contributed by atoms with E-state index in [4.69, 9.17) is 10.1 Å². The van der Waals surface area contributed by atoms with Gasteiger partial charge in [0.1, 0.15) is 22.4 Å². The van der Waals surface area contributed by atoms with Crippen molar-refractivity contribution in [1.29, 1.82) is 5.41 Å². The monoisotopic (exact) mass is 383 g/mol. The lowest BCUT2D eigenvalue weighted by molar-refractivity contribution is 0.341. The van der Waals surface area contributed by atoms with Crippen LogP contribution in [0, 0.1) is 5.41 Å². The largest absolute Gasteiger partial charge is 0.510 e. The maximum absolute atomic E-state index is 10.5. The zero-order valence-electron chi connectivity index (χ0n) is 14.1. The van der Waals surface area contributed by atoms with Gasteiger partial charge in [-0.15, -0.1) is 22.7 Å². The molecule has 0 atom stereocenters. The Morgan fingerprint density at radius 3 is 2.85 bits per heavy atom. The van der Waals surface area contributed by atoms with E-state index in [-0.39, 0.29) is 5.76 Å². The SMILES string of the molecule is COc1ccccc1CN1CC(O)=C(c2nc(-c3cccs3)cs2)C1=N. The minimum absolute atomic E-state index is 0.192. The van der Waals surface area contributed by atoms with Crippen LogP contribution in [0.25, 0.3) is 16.1 Å². The maximum atomic E-state index is 10.5. The number of aromatic nitrogens is 1. The van der Waals surface area contributed by atoms with Crippen LogP contribution in [0.15, 0.2) is 52.9 Å². The van der Waals surface area contributed by atoms with Gasteiger partial charge in [0.05, 0.1) is 29.8 Å². The van der Waals surface area contributed by atoms with E-state index in [2.05, 4.69) is 4.98 Å². The molecule has 0 spiro atoms. The molecule has 132 valence electrons. The van der Waals surface area contributed by atoms with Crippen molar-refractivity contribution in [1.82, 2.24) is 9.88 Å². The molecular formula is C19H17N3O2S2. The topological polar surface area (TPSA) is 69.4 Å². The van der Waals surface area contributed by atoms with Gasteiger partial charge in [0, 0.05) is 17.5 Å². The number of rotatable bonds is 5.